The van der Waals surface area contributed by atoms with Crippen LogP contribution in [0.25, 0.3) is 0 Å². The summed E-state index contributed by atoms with van der Waals surface area (Å²) in [7, 11) is 0. The van der Waals surface area contributed by atoms with Gasteiger partial charge in [-0.15, -0.1) is 0 Å². The number of ether oxygens (including phenoxy) is 3. The average Bonchev–Trinajstić information content (AvgIpc) is 3.45. The first-order valence-electron chi connectivity index (χ1n) is 33.7. The summed E-state index contributed by atoms with van der Waals surface area (Å²) in [5, 5.41) is 0. The number of allylic oxidation sites excluding steroid dienone is 16. The highest BCUT2D eigenvalue weighted by atomic mass is 16.6. The van der Waals surface area contributed by atoms with Crippen LogP contribution in [0.5, 0.6) is 0 Å². The summed E-state index contributed by atoms with van der Waals surface area (Å²) in [5.41, 5.74) is 0. The fraction of sp³-hybridized carbons (Fsp3) is 0.740. The van der Waals surface area contributed by atoms with E-state index in [0.29, 0.717) is 19.3 Å². The first-order chi connectivity index (χ1) is 39.0. The molecule has 0 aliphatic heterocycles. The summed E-state index contributed by atoms with van der Waals surface area (Å²) in [6.45, 7) is 6.54. The van der Waals surface area contributed by atoms with Crippen LogP contribution in [0.15, 0.2) is 97.2 Å². The van der Waals surface area contributed by atoms with E-state index in [1.165, 1.54) is 180 Å². The van der Waals surface area contributed by atoms with Crippen molar-refractivity contribution in [3.63, 3.8) is 0 Å². The van der Waals surface area contributed by atoms with E-state index in [2.05, 4.69) is 118 Å². The second-order valence-electron chi connectivity index (χ2n) is 22.4. The molecule has 0 aromatic rings. The van der Waals surface area contributed by atoms with Crippen molar-refractivity contribution in [1.29, 1.82) is 0 Å². The average molecular weight is 1100 g/mol. The molecule has 0 radical (unpaired) electrons. The van der Waals surface area contributed by atoms with E-state index >= 15 is 0 Å². The van der Waals surface area contributed by atoms with Gasteiger partial charge in [-0.1, -0.05) is 323 Å². The molecule has 6 heteroatoms. The first-order valence-corrected chi connectivity index (χ1v) is 33.7. The molecule has 0 N–H and O–H groups in total. The summed E-state index contributed by atoms with van der Waals surface area (Å²) in [6, 6.07) is 0. The van der Waals surface area contributed by atoms with Crippen LogP contribution in [0, 0.1) is 0 Å². The maximum atomic E-state index is 12.9. The molecule has 6 nitrogen and oxygen atoms in total. The predicted molar refractivity (Wildman–Crippen MR) is 344 cm³/mol. The zero-order valence-electron chi connectivity index (χ0n) is 52.1. The van der Waals surface area contributed by atoms with Crippen LogP contribution in [-0.4, -0.2) is 37.2 Å². The van der Waals surface area contributed by atoms with Crippen LogP contribution in [0.1, 0.15) is 329 Å². The van der Waals surface area contributed by atoms with E-state index in [0.717, 1.165) is 109 Å². The number of unbranched alkanes of at least 4 members (excludes halogenated alkanes) is 34. The first kappa shape index (κ1) is 75.3. The van der Waals surface area contributed by atoms with Crippen molar-refractivity contribution in [2.24, 2.45) is 0 Å². The molecule has 0 fully saturated rings. The Balaban J connectivity index is 4.42. The molecular formula is C73H126O6. The van der Waals surface area contributed by atoms with E-state index in [-0.39, 0.29) is 31.1 Å². The van der Waals surface area contributed by atoms with Gasteiger partial charge in [0.1, 0.15) is 13.2 Å². The minimum absolute atomic E-state index is 0.0868. The zero-order valence-corrected chi connectivity index (χ0v) is 52.1. The largest absolute Gasteiger partial charge is 0.462 e. The van der Waals surface area contributed by atoms with Gasteiger partial charge in [0, 0.05) is 19.3 Å². The zero-order chi connectivity index (χ0) is 57.1. The summed E-state index contributed by atoms with van der Waals surface area (Å²) in [6.07, 6.45) is 89.9. The summed E-state index contributed by atoms with van der Waals surface area (Å²) in [5.74, 6) is -0.915. The molecular weight excluding hydrogens is 973 g/mol. The van der Waals surface area contributed by atoms with Gasteiger partial charge in [-0.05, 0) is 83.5 Å². The second-order valence-corrected chi connectivity index (χ2v) is 22.4. The number of esters is 3. The van der Waals surface area contributed by atoms with Crippen molar-refractivity contribution in [3.05, 3.63) is 97.2 Å². The minimum Gasteiger partial charge on any atom is -0.462 e. The smallest absolute Gasteiger partial charge is 0.306 e. The van der Waals surface area contributed by atoms with Gasteiger partial charge in [0.2, 0.25) is 0 Å². The quantitative estimate of drug-likeness (QED) is 0.0261. The standard InChI is InChI=1S/C73H126O6/c1-4-7-10-13-16-19-22-25-28-31-32-33-34-35-36-37-38-39-40-43-45-48-51-54-57-60-63-66-72(75)78-69-70(79-73(76)67-64-61-58-55-52-49-46-42-30-27-24-21-18-15-12-9-6-3)68-77-71(74)65-62-59-56-53-50-47-44-41-29-26-23-20-17-14-11-8-5-2/h7,10,16,19,25,28,32-33,35-36,38-39,43,45,51,54,70H,4-6,8-9,11-15,17-18,20-24,26-27,29-31,34,37,40-42,44,46-50,52-53,55-69H2,1-3H3/b10-7-,19-16-,28-25-,33-32-,36-35-,39-38-,45-43-,54-51-. The van der Waals surface area contributed by atoms with Crippen molar-refractivity contribution < 1.29 is 28.6 Å². The SMILES string of the molecule is CC/C=C\C/C=C\C/C=C\C/C=C\C/C=C\C/C=C\C/C=C\C/C=C\CCCCC(=O)OCC(COC(=O)CCCCCCCCCCCCCCCCCCC)OC(=O)CCCCCCCCCCCCCCCCCCC. The fourth-order valence-corrected chi connectivity index (χ4v) is 9.58. The van der Waals surface area contributed by atoms with Gasteiger partial charge in [-0.3, -0.25) is 14.4 Å². The van der Waals surface area contributed by atoms with Crippen molar-refractivity contribution in [2.75, 3.05) is 13.2 Å². The van der Waals surface area contributed by atoms with Crippen molar-refractivity contribution in [3.8, 4) is 0 Å². The van der Waals surface area contributed by atoms with Crippen LogP contribution >= 0.6 is 0 Å². The molecule has 0 heterocycles. The van der Waals surface area contributed by atoms with E-state index in [4.69, 9.17) is 14.2 Å². The van der Waals surface area contributed by atoms with Gasteiger partial charge in [0.05, 0.1) is 0 Å². The molecule has 0 saturated heterocycles. The number of carbonyl (C=O) groups is 3. The van der Waals surface area contributed by atoms with E-state index in [1.807, 2.05) is 0 Å². The molecule has 1 atom stereocenters. The molecule has 79 heavy (non-hydrogen) atoms. The van der Waals surface area contributed by atoms with Crippen LogP contribution in [0.3, 0.4) is 0 Å². The Labute approximate surface area is 489 Å². The molecule has 0 aromatic carbocycles. The molecule has 0 spiro atoms. The summed E-state index contributed by atoms with van der Waals surface area (Å²) >= 11 is 0. The van der Waals surface area contributed by atoms with Crippen LogP contribution in [0.2, 0.25) is 0 Å². The highest BCUT2D eigenvalue weighted by Gasteiger charge is 2.19. The van der Waals surface area contributed by atoms with E-state index in [9.17, 15) is 14.4 Å². The fourth-order valence-electron chi connectivity index (χ4n) is 9.58. The predicted octanol–water partition coefficient (Wildman–Crippen LogP) is 23.2. The number of carbonyl (C=O) groups excluding carboxylic acids is 3. The monoisotopic (exact) mass is 1100 g/mol. The number of rotatable bonds is 61. The van der Waals surface area contributed by atoms with Crippen LogP contribution in [0.4, 0.5) is 0 Å². The Bertz CT molecular complexity index is 1540. The normalized spacial score (nSPS) is 12.7. The Morgan fingerprint density at radius 1 is 0.266 bits per heavy atom. The Hall–Kier alpha value is -3.67. The van der Waals surface area contributed by atoms with Crippen LogP contribution in [-0.2, 0) is 28.6 Å². The van der Waals surface area contributed by atoms with Crippen molar-refractivity contribution in [2.45, 2.75) is 335 Å². The molecule has 0 aromatic heterocycles. The number of hydrogen-bond acceptors (Lipinski definition) is 6. The Kier molecular flexibility index (Phi) is 63.7. The minimum atomic E-state index is -0.794. The van der Waals surface area contributed by atoms with Crippen molar-refractivity contribution >= 4 is 17.9 Å². The lowest BCUT2D eigenvalue weighted by Crippen LogP contribution is -2.30. The lowest BCUT2D eigenvalue weighted by atomic mass is 10.0. The molecule has 0 rings (SSSR count). The molecule has 0 aliphatic carbocycles. The molecule has 0 saturated carbocycles. The molecule has 0 aliphatic rings. The summed E-state index contributed by atoms with van der Waals surface area (Å²) in [4.78, 5) is 38.4. The lowest BCUT2D eigenvalue weighted by Gasteiger charge is -2.18. The molecule has 454 valence electrons. The Morgan fingerprint density at radius 2 is 0.494 bits per heavy atom. The van der Waals surface area contributed by atoms with Gasteiger partial charge >= 0.3 is 17.9 Å². The van der Waals surface area contributed by atoms with Gasteiger partial charge < -0.3 is 14.2 Å². The van der Waals surface area contributed by atoms with Gasteiger partial charge in [0.15, 0.2) is 6.10 Å². The van der Waals surface area contributed by atoms with E-state index in [1.54, 1.807) is 0 Å². The van der Waals surface area contributed by atoms with Gasteiger partial charge in [-0.2, -0.15) is 0 Å². The van der Waals surface area contributed by atoms with E-state index < -0.39 is 6.10 Å². The third kappa shape index (κ3) is 65.0. The van der Waals surface area contributed by atoms with Crippen LogP contribution < -0.4 is 0 Å². The van der Waals surface area contributed by atoms with Gasteiger partial charge in [0.25, 0.3) is 0 Å². The number of hydrogen-bond donors (Lipinski definition) is 0. The molecule has 0 amide bonds. The third-order valence-corrected chi connectivity index (χ3v) is 14.6. The topological polar surface area (TPSA) is 78.9 Å². The maximum absolute atomic E-state index is 12.9. The van der Waals surface area contributed by atoms with Gasteiger partial charge in [-0.25, -0.2) is 0 Å². The summed E-state index contributed by atoms with van der Waals surface area (Å²) < 4.78 is 16.9. The molecule has 1 unspecified atom stereocenters. The molecule has 0 bridgehead atoms. The van der Waals surface area contributed by atoms with Crippen molar-refractivity contribution in [1.82, 2.24) is 0 Å². The lowest BCUT2D eigenvalue weighted by molar-refractivity contribution is -0.167. The Morgan fingerprint density at radius 3 is 0.772 bits per heavy atom. The highest BCUT2D eigenvalue weighted by molar-refractivity contribution is 5.71. The second kappa shape index (κ2) is 66.8. The third-order valence-electron chi connectivity index (χ3n) is 14.6. The highest BCUT2D eigenvalue weighted by Crippen LogP contribution is 2.17. The maximum Gasteiger partial charge on any atom is 0.306 e.